The summed E-state index contributed by atoms with van der Waals surface area (Å²) >= 11 is 0. The lowest BCUT2D eigenvalue weighted by atomic mass is 9.84. The normalized spacial score (nSPS) is 19.9. The molecule has 0 saturated heterocycles. The van der Waals surface area contributed by atoms with Crippen molar-refractivity contribution in [2.45, 2.75) is 45.6 Å². The Bertz CT molecular complexity index is 551. The van der Waals surface area contributed by atoms with Crippen LogP contribution in [0.5, 0.6) is 11.5 Å². The molecule has 142 valence electrons. The van der Waals surface area contributed by atoms with E-state index < -0.39 is 0 Å². The molecular weight excluding hydrogens is 340 g/mol. The second-order valence-electron chi connectivity index (χ2n) is 6.93. The number of ether oxygens (including phenoxy) is 2. The van der Waals surface area contributed by atoms with Crippen LogP contribution >= 0.6 is 12.4 Å². The fraction of sp³-hybridized carbons (Fsp3) is 0.632. The minimum absolute atomic E-state index is 0. The van der Waals surface area contributed by atoms with Gasteiger partial charge in [-0.15, -0.1) is 12.4 Å². The van der Waals surface area contributed by atoms with Gasteiger partial charge in [-0.25, -0.2) is 0 Å². The van der Waals surface area contributed by atoms with Crippen molar-refractivity contribution in [3.05, 3.63) is 23.8 Å². The molecule has 5 nitrogen and oxygen atoms in total. The molecule has 0 radical (unpaired) electrons. The van der Waals surface area contributed by atoms with Gasteiger partial charge in [-0.05, 0) is 49.4 Å². The van der Waals surface area contributed by atoms with Gasteiger partial charge in [0.05, 0.1) is 13.7 Å². The first-order valence-electron chi connectivity index (χ1n) is 8.87. The van der Waals surface area contributed by atoms with Crippen LogP contribution in [0.2, 0.25) is 0 Å². The van der Waals surface area contributed by atoms with E-state index in [9.17, 15) is 4.79 Å². The van der Waals surface area contributed by atoms with E-state index in [0.29, 0.717) is 42.0 Å². The largest absolute Gasteiger partial charge is 0.493 e. The quantitative estimate of drug-likeness (QED) is 0.771. The number of nitrogens with two attached hydrogens (primary N) is 1. The average Bonchev–Trinajstić information content (AvgIpc) is 2.60. The minimum Gasteiger partial charge on any atom is -0.493 e. The van der Waals surface area contributed by atoms with Gasteiger partial charge in [0, 0.05) is 11.6 Å². The van der Waals surface area contributed by atoms with Gasteiger partial charge in [0.1, 0.15) is 0 Å². The van der Waals surface area contributed by atoms with E-state index in [1.165, 1.54) is 6.42 Å². The maximum atomic E-state index is 12.6. The van der Waals surface area contributed by atoms with E-state index in [4.69, 9.17) is 15.2 Å². The number of rotatable bonds is 7. The minimum atomic E-state index is -0.0749. The number of nitrogens with one attached hydrogen (secondary N) is 1. The number of methoxy groups -OCH3 is 1. The smallest absolute Gasteiger partial charge is 0.251 e. The van der Waals surface area contributed by atoms with Gasteiger partial charge in [-0.2, -0.15) is 0 Å². The molecule has 6 heteroatoms. The molecule has 2 unspecified atom stereocenters. The topological polar surface area (TPSA) is 73.6 Å². The molecule has 0 aromatic heterocycles. The summed E-state index contributed by atoms with van der Waals surface area (Å²) in [5.74, 6) is 1.98. The molecular formula is C19H31ClN2O3. The van der Waals surface area contributed by atoms with Crippen LogP contribution in [-0.4, -0.2) is 32.2 Å². The molecule has 3 N–H and O–H groups in total. The van der Waals surface area contributed by atoms with E-state index in [1.807, 2.05) is 0 Å². The number of halogens is 1. The highest BCUT2D eigenvalue weighted by molar-refractivity contribution is 5.95. The van der Waals surface area contributed by atoms with E-state index in [1.54, 1.807) is 25.3 Å². The Kier molecular flexibility index (Phi) is 9.08. The highest BCUT2D eigenvalue weighted by Crippen LogP contribution is 2.29. The maximum Gasteiger partial charge on any atom is 0.251 e. The van der Waals surface area contributed by atoms with Crippen molar-refractivity contribution in [3.63, 3.8) is 0 Å². The third kappa shape index (κ3) is 6.08. The van der Waals surface area contributed by atoms with Gasteiger partial charge >= 0.3 is 0 Å². The molecule has 1 aliphatic carbocycles. The number of hydrogen-bond acceptors (Lipinski definition) is 4. The molecule has 1 saturated carbocycles. The molecule has 0 spiro atoms. The Labute approximate surface area is 157 Å². The summed E-state index contributed by atoms with van der Waals surface area (Å²) in [6.07, 6.45) is 4.43. The third-order valence-corrected chi connectivity index (χ3v) is 4.53. The molecule has 2 atom stereocenters. The molecule has 1 amide bonds. The van der Waals surface area contributed by atoms with Crippen molar-refractivity contribution >= 4 is 18.3 Å². The van der Waals surface area contributed by atoms with Gasteiger partial charge in [-0.3, -0.25) is 4.79 Å². The standard InChI is InChI=1S/C19H30N2O3.ClH/c1-13(2)12-24-17-9-8-14(10-18(17)23-3)19(22)21-16-7-5-4-6-15(16)11-20;/h8-10,13,15-16H,4-7,11-12,20H2,1-3H3,(H,21,22);1H. The van der Waals surface area contributed by atoms with Crippen LogP contribution in [0, 0.1) is 11.8 Å². The lowest BCUT2D eigenvalue weighted by molar-refractivity contribution is 0.0907. The highest BCUT2D eigenvalue weighted by Gasteiger charge is 2.26. The van der Waals surface area contributed by atoms with Crippen LogP contribution in [0.1, 0.15) is 49.9 Å². The van der Waals surface area contributed by atoms with Crippen LogP contribution in [-0.2, 0) is 0 Å². The Balaban J connectivity index is 0.00000312. The number of carbonyl (C=O) groups excluding carboxylic acids is 1. The molecule has 0 heterocycles. The molecule has 1 fully saturated rings. The van der Waals surface area contributed by atoms with Crippen LogP contribution in [0.3, 0.4) is 0 Å². The summed E-state index contributed by atoms with van der Waals surface area (Å²) in [5.41, 5.74) is 6.43. The Morgan fingerprint density at radius 2 is 2.00 bits per heavy atom. The van der Waals surface area contributed by atoms with Crippen LogP contribution in [0.15, 0.2) is 18.2 Å². The van der Waals surface area contributed by atoms with Crippen LogP contribution in [0.25, 0.3) is 0 Å². The lowest BCUT2D eigenvalue weighted by Crippen LogP contribution is -2.44. The number of benzene rings is 1. The molecule has 1 aromatic carbocycles. The SMILES string of the molecule is COc1cc(C(=O)NC2CCCCC2CN)ccc1OCC(C)C.Cl. The monoisotopic (exact) mass is 370 g/mol. The predicted octanol–water partition coefficient (Wildman–Crippen LogP) is 3.40. The fourth-order valence-electron chi connectivity index (χ4n) is 3.12. The van der Waals surface area contributed by atoms with Crippen molar-refractivity contribution in [1.29, 1.82) is 0 Å². The predicted molar refractivity (Wildman–Crippen MR) is 103 cm³/mol. The third-order valence-electron chi connectivity index (χ3n) is 4.53. The zero-order chi connectivity index (χ0) is 17.5. The van der Waals surface area contributed by atoms with Crippen LogP contribution in [0.4, 0.5) is 0 Å². The maximum absolute atomic E-state index is 12.6. The fourth-order valence-corrected chi connectivity index (χ4v) is 3.12. The molecule has 1 aliphatic rings. The first-order valence-corrected chi connectivity index (χ1v) is 8.87. The number of amides is 1. The first kappa shape index (κ1) is 21.6. The summed E-state index contributed by atoms with van der Waals surface area (Å²) in [5, 5.41) is 3.14. The van der Waals surface area contributed by atoms with Gasteiger partial charge in [0.25, 0.3) is 5.91 Å². The van der Waals surface area contributed by atoms with Gasteiger partial charge < -0.3 is 20.5 Å². The summed E-state index contributed by atoms with van der Waals surface area (Å²) in [7, 11) is 1.59. The van der Waals surface area contributed by atoms with Crippen molar-refractivity contribution in [3.8, 4) is 11.5 Å². The van der Waals surface area contributed by atoms with E-state index in [0.717, 1.165) is 19.3 Å². The highest BCUT2D eigenvalue weighted by atomic mass is 35.5. The van der Waals surface area contributed by atoms with Crippen molar-refractivity contribution in [2.75, 3.05) is 20.3 Å². The molecule has 0 bridgehead atoms. The number of carbonyl (C=O) groups is 1. The first-order chi connectivity index (χ1) is 11.5. The Morgan fingerprint density at radius 1 is 1.28 bits per heavy atom. The Morgan fingerprint density at radius 3 is 2.64 bits per heavy atom. The Hall–Kier alpha value is -1.46. The van der Waals surface area contributed by atoms with Gasteiger partial charge in [-0.1, -0.05) is 26.7 Å². The summed E-state index contributed by atoms with van der Waals surface area (Å²) < 4.78 is 11.1. The zero-order valence-corrected chi connectivity index (χ0v) is 16.2. The lowest BCUT2D eigenvalue weighted by Gasteiger charge is -2.31. The molecule has 1 aromatic rings. The summed E-state index contributed by atoms with van der Waals surface area (Å²) in [6, 6.07) is 5.50. The van der Waals surface area contributed by atoms with E-state index in [-0.39, 0.29) is 24.4 Å². The molecule has 0 aliphatic heterocycles. The molecule has 2 rings (SSSR count). The molecule has 25 heavy (non-hydrogen) atoms. The second-order valence-corrected chi connectivity index (χ2v) is 6.93. The van der Waals surface area contributed by atoms with Gasteiger partial charge in [0.15, 0.2) is 11.5 Å². The zero-order valence-electron chi connectivity index (χ0n) is 15.4. The summed E-state index contributed by atoms with van der Waals surface area (Å²) in [4.78, 5) is 12.6. The summed E-state index contributed by atoms with van der Waals surface area (Å²) in [6.45, 7) is 5.41. The van der Waals surface area contributed by atoms with E-state index >= 15 is 0 Å². The van der Waals surface area contributed by atoms with Crippen molar-refractivity contribution in [2.24, 2.45) is 17.6 Å². The number of hydrogen-bond donors (Lipinski definition) is 2. The van der Waals surface area contributed by atoms with Gasteiger partial charge in [0.2, 0.25) is 0 Å². The van der Waals surface area contributed by atoms with Crippen molar-refractivity contribution < 1.29 is 14.3 Å². The average molecular weight is 371 g/mol. The van der Waals surface area contributed by atoms with Crippen molar-refractivity contribution in [1.82, 2.24) is 5.32 Å². The van der Waals surface area contributed by atoms with Crippen LogP contribution < -0.4 is 20.5 Å². The second kappa shape index (κ2) is 10.5. The van der Waals surface area contributed by atoms with E-state index in [2.05, 4.69) is 19.2 Å².